The van der Waals surface area contributed by atoms with Crippen molar-refractivity contribution in [2.75, 3.05) is 0 Å². The van der Waals surface area contributed by atoms with Gasteiger partial charge >= 0.3 is 0 Å². The van der Waals surface area contributed by atoms with Crippen molar-refractivity contribution in [3.05, 3.63) is 46.0 Å². The number of benzene rings is 1. The van der Waals surface area contributed by atoms with Gasteiger partial charge in [-0.15, -0.1) is 0 Å². The number of phenolic OH excluding ortho intramolecular Hbond substituents is 1. The number of phenols is 1. The molecule has 0 unspecified atom stereocenters. The molecule has 0 fully saturated rings. The van der Waals surface area contributed by atoms with E-state index in [9.17, 15) is 5.11 Å². The summed E-state index contributed by atoms with van der Waals surface area (Å²) in [7, 11) is 0. The molecule has 0 aliphatic rings. The van der Waals surface area contributed by atoms with E-state index >= 15 is 0 Å². The van der Waals surface area contributed by atoms with Crippen molar-refractivity contribution in [2.24, 2.45) is 0 Å². The first-order chi connectivity index (χ1) is 8.11. The molecule has 0 aliphatic heterocycles. The van der Waals surface area contributed by atoms with Crippen molar-refractivity contribution in [3.8, 4) is 5.75 Å². The van der Waals surface area contributed by atoms with E-state index in [2.05, 4.69) is 11.9 Å². The third-order valence-electron chi connectivity index (χ3n) is 2.61. The van der Waals surface area contributed by atoms with Crippen LogP contribution in [0.3, 0.4) is 0 Å². The molecule has 0 atom stereocenters. The molecule has 2 rings (SSSR count). The second-order valence-electron chi connectivity index (χ2n) is 3.70. The summed E-state index contributed by atoms with van der Waals surface area (Å²) in [6.07, 6.45) is 4.28. The number of halogens is 2. The number of nitrogens with zero attached hydrogens (tertiary/aromatic N) is 2. The molecule has 17 heavy (non-hydrogen) atoms. The smallest absolute Gasteiger partial charge is 0.135 e. The zero-order valence-electron chi connectivity index (χ0n) is 9.32. The summed E-state index contributed by atoms with van der Waals surface area (Å²) in [4.78, 5) is 4.27. The van der Waals surface area contributed by atoms with E-state index in [-0.39, 0.29) is 5.75 Å². The molecule has 0 spiro atoms. The van der Waals surface area contributed by atoms with E-state index in [1.54, 1.807) is 12.3 Å². The number of hydrogen-bond donors (Lipinski definition) is 1. The summed E-state index contributed by atoms with van der Waals surface area (Å²) >= 11 is 11.9. The van der Waals surface area contributed by atoms with Crippen LogP contribution in [0, 0.1) is 0 Å². The van der Waals surface area contributed by atoms with Crippen molar-refractivity contribution in [1.82, 2.24) is 9.55 Å². The van der Waals surface area contributed by atoms with Crippen molar-refractivity contribution in [2.45, 2.75) is 19.9 Å². The van der Waals surface area contributed by atoms with Crippen LogP contribution in [0.1, 0.15) is 18.3 Å². The molecule has 1 heterocycles. The highest BCUT2D eigenvalue weighted by Gasteiger charge is 2.09. The molecule has 0 aliphatic carbocycles. The van der Waals surface area contributed by atoms with Crippen LogP contribution in [-0.4, -0.2) is 14.7 Å². The van der Waals surface area contributed by atoms with E-state index < -0.39 is 0 Å². The number of aromatic hydroxyl groups is 1. The van der Waals surface area contributed by atoms with Crippen molar-refractivity contribution in [1.29, 1.82) is 0 Å². The summed E-state index contributed by atoms with van der Waals surface area (Å²) in [6.45, 7) is 2.91. The summed E-state index contributed by atoms with van der Waals surface area (Å²) < 4.78 is 2.04. The van der Waals surface area contributed by atoms with Crippen LogP contribution in [0.15, 0.2) is 24.5 Å². The van der Waals surface area contributed by atoms with Gasteiger partial charge in [0, 0.05) is 36.4 Å². The molecule has 1 aromatic heterocycles. The Labute approximate surface area is 110 Å². The minimum absolute atomic E-state index is 0.000694. The monoisotopic (exact) mass is 270 g/mol. The molecular formula is C12H12Cl2N2O. The van der Waals surface area contributed by atoms with Crippen LogP contribution in [0.5, 0.6) is 5.75 Å². The number of rotatable bonds is 3. The Hall–Kier alpha value is -1.19. The Morgan fingerprint density at radius 3 is 2.76 bits per heavy atom. The highest BCUT2D eigenvalue weighted by atomic mass is 35.5. The summed E-state index contributed by atoms with van der Waals surface area (Å²) in [5.41, 5.74) is 0.857. The zero-order chi connectivity index (χ0) is 12.4. The molecule has 0 saturated heterocycles. The normalized spacial score (nSPS) is 10.8. The molecular weight excluding hydrogens is 259 g/mol. The van der Waals surface area contributed by atoms with Gasteiger partial charge in [-0.2, -0.15) is 0 Å². The number of aryl methyl sites for hydroxylation is 1. The average Bonchev–Trinajstić information content (AvgIpc) is 2.73. The largest absolute Gasteiger partial charge is 0.506 e. The minimum atomic E-state index is -0.000694. The molecule has 0 amide bonds. The van der Waals surface area contributed by atoms with Gasteiger partial charge in [0.05, 0.1) is 5.02 Å². The van der Waals surface area contributed by atoms with Gasteiger partial charge in [-0.1, -0.05) is 23.2 Å². The number of aromatic nitrogens is 2. The van der Waals surface area contributed by atoms with E-state index in [1.807, 2.05) is 10.8 Å². The second-order valence-corrected chi connectivity index (χ2v) is 4.52. The van der Waals surface area contributed by atoms with Gasteiger partial charge in [0.2, 0.25) is 0 Å². The van der Waals surface area contributed by atoms with Gasteiger partial charge in [-0.25, -0.2) is 4.98 Å². The maximum Gasteiger partial charge on any atom is 0.135 e. The quantitative estimate of drug-likeness (QED) is 0.927. The fourth-order valence-corrected chi connectivity index (χ4v) is 2.09. The Bertz CT molecular complexity index is 537. The van der Waals surface area contributed by atoms with E-state index in [4.69, 9.17) is 23.2 Å². The molecule has 0 radical (unpaired) electrons. The summed E-state index contributed by atoms with van der Waals surface area (Å²) in [6, 6.07) is 3.13. The minimum Gasteiger partial charge on any atom is -0.506 e. The van der Waals surface area contributed by atoms with Crippen LogP contribution in [0.2, 0.25) is 10.0 Å². The highest BCUT2D eigenvalue weighted by molar-refractivity contribution is 6.34. The fourth-order valence-electron chi connectivity index (χ4n) is 1.68. The van der Waals surface area contributed by atoms with E-state index in [0.29, 0.717) is 16.5 Å². The van der Waals surface area contributed by atoms with Crippen LogP contribution >= 0.6 is 23.2 Å². The molecule has 1 N–H and O–H groups in total. The lowest BCUT2D eigenvalue weighted by atomic mass is 10.1. The topological polar surface area (TPSA) is 38.0 Å². The first-order valence-electron chi connectivity index (χ1n) is 5.28. The third-order valence-corrected chi connectivity index (χ3v) is 3.26. The number of imidazole rings is 1. The fraction of sp³-hybridized carbons (Fsp3) is 0.250. The lowest BCUT2D eigenvalue weighted by Gasteiger charge is -2.08. The molecule has 1 aromatic carbocycles. The molecule has 0 saturated carbocycles. The van der Waals surface area contributed by atoms with E-state index in [0.717, 1.165) is 17.9 Å². The van der Waals surface area contributed by atoms with Crippen molar-refractivity contribution >= 4 is 23.2 Å². The summed E-state index contributed by atoms with van der Waals surface area (Å²) in [5, 5.41) is 10.2. The predicted octanol–water partition coefficient (Wildman–Crippen LogP) is 3.51. The summed E-state index contributed by atoms with van der Waals surface area (Å²) in [5.74, 6) is 0.926. The Morgan fingerprint density at radius 2 is 2.06 bits per heavy atom. The van der Waals surface area contributed by atoms with Gasteiger partial charge < -0.3 is 9.67 Å². The first kappa shape index (κ1) is 12.3. The predicted molar refractivity (Wildman–Crippen MR) is 68.8 cm³/mol. The molecule has 5 heteroatoms. The zero-order valence-corrected chi connectivity index (χ0v) is 10.8. The molecule has 0 bridgehead atoms. The first-order valence-corrected chi connectivity index (χ1v) is 6.04. The Kier molecular flexibility index (Phi) is 3.60. The van der Waals surface area contributed by atoms with Crippen LogP contribution < -0.4 is 0 Å². The maximum absolute atomic E-state index is 9.41. The van der Waals surface area contributed by atoms with Crippen molar-refractivity contribution < 1.29 is 5.11 Å². The molecule has 2 aromatic rings. The second kappa shape index (κ2) is 4.98. The van der Waals surface area contributed by atoms with Gasteiger partial charge in [-0.3, -0.25) is 0 Å². The molecule has 90 valence electrons. The lowest BCUT2D eigenvalue weighted by Crippen LogP contribution is -2.02. The SMILES string of the molecule is CCn1ccnc1Cc1cc(Cl)c(O)cc1Cl. The number of hydrogen-bond acceptors (Lipinski definition) is 2. The van der Waals surface area contributed by atoms with Crippen LogP contribution in [0.4, 0.5) is 0 Å². The van der Waals surface area contributed by atoms with Gasteiger partial charge in [0.25, 0.3) is 0 Å². The average molecular weight is 271 g/mol. The molecule has 3 nitrogen and oxygen atoms in total. The Morgan fingerprint density at radius 1 is 1.29 bits per heavy atom. The highest BCUT2D eigenvalue weighted by Crippen LogP contribution is 2.31. The maximum atomic E-state index is 9.41. The van der Waals surface area contributed by atoms with Gasteiger partial charge in [0.15, 0.2) is 0 Å². The van der Waals surface area contributed by atoms with Crippen LogP contribution in [0.25, 0.3) is 0 Å². The van der Waals surface area contributed by atoms with Gasteiger partial charge in [0.1, 0.15) is 11.6 Å². The van der Waals surface area contributed by atoms with E-state index in [1.165, 1.54) is 6.07 Å². The third kappa shape index (κ3) is 2.56. The van der Waals surface area contributed by atoms with Crippen molar-refractivity contribution in [3.63, 3.8) is 0 Å². The Balaban J connectivity index is 2.33. The lowest BCUT2D eigenvalue weighted by molar-refractivity contribution is 0.475. The van der Waals surface area contributed by atoms with Gasteiger partial charge in [-0.05, 0) is 18.6 Å². The standard InChI is InChI=1S/C12H12Cl2N2O/c1-2-16-4-3-15-12(16)6-8-5-10(14)11(17)7-9(8)13/h3-5,7,17H,2,6H2,1H3. The van der Waals surface area contributed by atoms with Crippen LogP contribution in [-0.2, 0) is 13.0 Å².